The lowest BCUT2D eigenvalue weighted by Gasteiger charge is -2.23. The van der Waals surface area contributed by atoms with Crippen LogP contribution in [0.1, 0.15) is 25.5 Å². The standard InChI is InChI=1S/C13H18BrNO4S/c1-8(2)20(17,18)15-12-11(16)7-19-13(12)9-3-5-10(14)6-4-9/h3-6,8,11-13,15-16H,7H2,1-2H3. The molecule has 1 aliphatic heterocycles. The number of aliphatic hydroxyl groups is 1. The number of ether oxygens (including phenoxy) is 1. The van der Waals surface area contributed by atoms with Gasteiger partial charge in [0.25, 0.3) is 0 Å². The molecule has 0 radical (unpaired) electrons. The minimum Gasteiger partial charge on any atom is -0.389 e. The van der Waals surface area contributed by atoms with Gasteiger partial charge in [0.1, 0.15) is 6.10 Å². The zero-order valence-electron chi connectivity index (χ0n) is 11.3. The Morgan fingerprint density at radius 3 is 2.50 bits per heavy atom. The Balaban J connectivity index is 2.23. The quantitative estimate of drug-likeness (QED) is 0.851. The number of rotatable bonds is 4. The highest BCUT2D eigenvalue weighted by Gasteiger charge is 2.40. The fourth-order valence-corrected chi connectivity index (χ4v) is 3.23. The van der Waals surface area contributed by atoms with E-state index in [2.05, 4.69) is 20.7 Å². The molecule has 0 aliphatic carbocycles. The topological polar surface area (TPSA) is 75.6 Å². The smallest absolute Gasteiger partial charge is 0.214 e. The van der Waals surface area contributed by atoms with Crippen LogP contribution in [0, 0.1) is 0 Å². The van der Waals surface area contributed by atoms with E-state index in [1.54, 1.807) is 13.8 Å². The van der Waals surface area contributed by atoms with Crippen molar-refractivity contribution >= 4 is 26.0 Å². The first-order chi connectivity index (χ1) is 9.31. The van der Waals surface area contributed by atoms with Gasteiger partial charge in [0.2, 0.25) is 10.0 Å². The van der Waals surface area contributed by atoms with Gasteiger partial charge >= 0.3 is 0 Å². The Bertz CT molecular complexity index is 558. The number of sulfonamides is 1. The molecule has 2 rings (SSSR count). The lowest BCUT2D eigenvalue weighted by Crippen LogP contribution is -2.46. The fraction of sp³-hybridized carbons (Fsp3) is 0.538. The maximum atomic E-state index is 12.0. The first-order valence-corrected chi connectivity index (χ1v) is 8.71. The summed E-state index contributed by atoms with van der Waals surface area (Å²) in [5, 5.41) is 9.40. The third kappa shape index (κ3) is 3.40. The van der Waals surface area contributed by atoms with Crippen LogP contribution in [0.3, 0.4) is 0 Å². The van der Waals surface area contributed by atoms with Crippen LogP contribution in [0.25, 0.3) is 0 Å². The van der Waals surface area contributed by atoms with Crippen LogP contribution in [0.2, 0.25) is 0 Å². The van der Waals surface area contributed by atoms with Crippen molar-refractivity contribution in [1.82, 2.24) is 4.72 Å². The van der Waals surface area contributed by atoms with Gasteiger partial charge in [-0.05, 0) is 31.5 Å². The molecule has 0 aromatic heterocycles. The molecule has 112 valence electrons. The SMILES string of the molecule is CC(C)S(=O)(=O)NC1C(O)COC1c1ccc(Br)cc1. The Morgan fingerprint density at radius 1 is 1.35 bits per heavy atom. The Hall–Kier alpha value is -0.470. The van der Waals surface area contributed by atoms with Crippen molar-refractivity contribution < 1.29 is 18.3 Å². The van der Waals surface area contributed by atoms with Crippen LogP contribution < -0.4 is 4.72 Å². The van der Waals surface area contributed by atoms with Crippen molar-refractivity contribution in [3.63, 3.8) is 0 Å². The molecule has 7 heteroatoms. The summed E-state index contributed by atoms with van der Waals surface area (Å²) in [7, 11) is -3.46. The van der Waals surface area contributed by atoms with Gasteiger partial charge in [-0.3, -0.25) is 0 Å². The predicted octanol–water partition coefficient (Wildman–Crippen LogP) is 1.58. The molecule has 1 saturated heterocycles. The number of benzene rings is 1. The molecule has 3 unspecified atom stereocenters. The van der Waals surface area contributed by atoms with Crippen molar-refractivity contribution in [1.29, 1.82) is 0 Å². The highest BCUT2D eigenvalue weighted by molar-refractivity contribution is 9.10. The summed E-state index contributed by atoms with van der Waals surface area (Å²) < 4.78 is 33.0. The molecule has 20 heavy (non-hydrogen) atoms. The minimum absolute atomic E-state index is 0.117. The summed E-state index contributed by atoms with van der Waals surface area (Å²) in [6.07, 6.45) is -1.33. The number of hydrogen-bond donors (Lipinski definition) is 2. The second kappa shape index (κ2) is 6.11. The highest BCUT2D eigenvalue weighted by Crippen LogP contribution is 2.31. The van der Waals surface area contributed by atoms with E-state index in [9.17, 15) is 13.5 Å². The molecular weight excluding hydrogens is 346 g/mol. The summed E-state index contributed by atoms with van der Waals surface area (Å²) in [6, 6.07) is 6.76. The van der Waals surface area contributed by atoms with E-state index in [0.29, 0.717) is 0 Å². The van der Waals surface area contributed by atoms with Crippen LogP contribution in [-0.4, -0.2) is 37.5 Å². The molecule has 1 fully saturated rings. The lowest BCUT2D eigenvalue weighted by molar-refractivity contribution is 0.0880. The van der Waals surface area contributed by atoms with Crippen molar-refractivity contribution in [3.8, 4) is 0 Å². The zero-order chi connectivity index (χ0) is 14.9. The molecule has 0 bridgehead atoms. The summed E-state index contributed by atoms with van der Waals surface area (Å²) in [5.74, 6) is 0. The summed E-state index contributed by atoms with van der Waals surface area (Å²) in [5.41, 5.74) is 0.834. The molecule has 0 saturated carbocycles. The van der Waals surface area contributed by atoms with Crippen molar-refractivity contribution in [3.05, 3.63) is 34.3 Å². The van der Waals surface area contributed by atoms with Gasteiger partial charge < -0.3 is 9.84 Å². The van der Waals surface area contributed by atoms with E-state index in [1.165, 1.54) is 0 Å². The van der Waals surface area contributed by atoms with Gasteiger partial charge in [0.05, 0.1) is 24.0 Å². The van der Waals surface area contributed by atoms with E-state index in [-0.39, 0.29) is 6.61 Å². The molecule has 1 heterocycles. The maximum Gasteiger partial charge on any atom is 0.214 e. The van der Waals surface area contributed by atoms with Gasteiger partial charge in [0.15, 0.2) is 0 Å². The maximum absolute atomic E-state index is 12.0. The van der Waals surface area contributed by atoms with E-state index in [0.717, 1.165) is 10.0 Å². The molecular formula is C13H18BrNO4S. The lowest BCUT2D eigenvalue weighted by atomic mass is 10.0. The van der Waals surface area contributed by atoms with Crippen LogP contribution in [0.15, 0.2) is 28.7 Å². The summed E-state index contributed by atoms with van der Waals surface area (Å²) in [6.45, 7) is 3.31. The van der Waals surface area contributed by atoms with Crippen molar-refractivity contribution in [2.24, 2.45) is 0 Å². The average molecular weight is 364 g/mol. The Morgan fingerprint density at radius 2 is 1.95 bits per heavy atom. The van der Waals surface area contributed by atoms with Crippen molar-refractivity contribution in [2.45, 2.75) is 37.3 Å². The molecule has 0 amide bonds. The van der Waals surface area contributed by atoms with E-state index >= 15 is 0 Å². The first kappa shape index (κ1) is 15.9. The third-order valence-corrected chi connectivity index (χ3v) is 5.68. The second-order valence-corrected chi connectivity index (χ2v) is 8.29. The largest absolute Gasteiger partial charge is 0.389 e. The second-order valence-electron chi connectivity index (χ2n) is 5.11. The van der Waals surface area contributed by atoms with E-state index < -0.39 is 33.5 Å². The Kier molecular flexibility index (Phi) is 4.86. The van der Waals surface area contributed by atoms with E-state index in [1.807, 2.05) is 24.3 Å². The number of hydrogen-bond acceptors (Lipinski definition) is 4. The molecule has 2 N–H and O–H groups in total. The van der Waals surface area contributed by atoms with Gasteiger partial charge in [0, 0.05) is 4.47 Å². The summed E-state index contributed by atoms with van der Waals surface area (Å²) in [4.78, 5) is 0. The van der Waals surface area contributed by atoms with Crippen LogP contribution in [0.5, 0.6) is 0 Å². The molecule has 1 aromatic carbocycles. The van der Waals surface area contributed by atoms with Crippen molar-refractivity contribution in [2.75, 3.05) is 6.61 Å². The van der Waals surface area contributed by atoms with Gasteiger partial charge in [-0.1, -0.05) is 28.1 Å². The van der Waals surface area contributed by atoms with Gasteiger partial charge in [-0.15, -0.1) is 0 Å². The molecule has 3 atom stereocenters. The normalized spacial score (nSPS) is 27.1. The van der Waals surface area contributed by atoms with Crippen LogP contribution in [-0.2, 0) is 14.8 Å². The highest BCUT2D eigenvalue weighted by atomic mass is 79.9. The van der Waals surface area contributed by atoms with E-state index in [4.69, 9.17) is 4.74 Å². The number of nitrogens with one attached hydrogen (secondary N) is 1. The number of aliphatic hydroxyl groups excluding tert-OH is 1. The summed E-state index contributed by atoms with van der Waals surface area (Å²) >= 11 is 3.35. The number of halogens is 1. The fourth-order valence-electron chi connectivity index (χ4n) is 2.03. The zero-order valence-corrected chi connectivity index (χ0v) is 13.7. The molecule has 1 aromatic rings. The molecule has 5 nitrogen and oxygen atoms in total. The average Bonchev–Trinajstić information content (AvgIpc) is 2.72. The molecule has 0 spiro atoms. The van der Waals surface area contributed by atoms with Crippen LogP contribution >= 0.6 is 15.9 Å². The first-order valence-electron chi connectivity index (χ1n) is 6.37. The van der Waals surface area contributed by atoms with Gasteiger partial charge in [-0.2, -0.15) is 0 Å². The van der Waals surface area contributed by atoms with Gasteiger partial charge in [-0.25, -0.2) is 13.1 Å². The Labute approximate surface area is 127 Å². The monoisotopic (exact) mass is 363 g/mol. The van der Waals surface area contributed by atoms with Crippen LogP contribution in [0.4, 0.5) is 0 Å². The third-order valence-electron chi connectivity index (χ3n) is 3.31. The minimum atomic E-state index is -3.46. The molecule has 1 aliphatic rings. The predicted molar refractivity (Wildman–Crippen MR) is 79.8 cm³/mol.